The third-order valence-corrected chi connectivity index (χ3v) is 3.85. The predicted molar refractivity (Wildman–Crippen MR) is 102 cm³/mol. The Balaban J connectivity index is 1.68. The lowest BCUT2D eigenvalue weighted by Gasteiger charge is -2.14. The van der Waals surface area contributed by atoms with Crippen LogP contribution in [0.2, 0.25) is 0 Å². The summed E-state index contributed by atoms with van der Waals surface area (Å²) in [5.74, 6) is 0. The minimum Gasteiger partial charge on any atom is -0.357 e. The van der Waals surface area contributed by atoms with E-state index in [0.29, 0.717) is 17.3 Å². The molecule has 5 nitrogen and oxygen atoms in total. The fraction of sp³-hybridized carbons (Fsp3) is 0.111. The van der Waals surface area contributed by atoms with Gasteiger partial charge in [0.15, 0.2) is 5.11 Å². The summed E-state index contributed by atoms with van der Waals surface area (Å²) in [5, 5.41) is 4.50. The minimum atomic E-state index is -0.168. The highest BCUT2D eigenvalue weighted by Crippen LogP contribution is 2.20. The SMILES string of the molecule is Cc1ccc2[nH]c(=O)cc(NNC(=S)NCc3ccccc3)c2c1. The fourth-order valence-corrected chi connectivity index (χ4v) is 2.54. The highest BCUT2D eigenvalue weighted by atomic mass is 32.1. The molecule has 24 heavy (non-hydrogen) atoms. The van der Waals surface area contributed by atoms with Crippen molar-refractivity contribution in [1.82, 2.24) is 15.7 Å². The fourth-order valence-electron chi connectivity index (χ4n) is 2.42. The zero-order chi connectivity index (χ0) is 16.9. The number of hydrazine groups is 1. The largest absolute Gasteiger partial charge is 0.357 e. The van der Waals surface area contributed by atoms with Crippen LogP contribution in [0, 0.1) is 6.92 Å². The number of aromatic nitrogens is 1. The molecule has 0 aliphatic rings. The van der Waals surface area contributed by atoms with Gasteiger partial charge in [0.05, 0.1) is 11.2 Å². The number of H-pyrrole nitrogens is 1. The van der Waals surface area contributed by atoms with Crippen LogP contribution in [-0.4, -0.2) is 10.1 Å². The molecule has 0 aliphatic heterocycles. The number of aromatic amines is 1. The van der Waals surface area contributed by atoms with Crippen molar-refractivity contribution in [3.05, 3.63) is 76.1 Å². The summed E-state index contributed by atoms with van der Waals surface area (Å²) >= 11 is 5.26. The Morgan fingerprint density at radius 3 is 2.71 bits per heavy atom. The van der Waals surface area contributed by atoms with E-state index in [1.807, 2.05) is 55.5 Å². The number of thiocarbonyl (C=S) groups is 1. The van der Waals surface area contributed by atoms with Crippen LogP contribution in [0.3, 0.4) is 0 Å². The van der Waals surface area contributed by atoms with E-state index in [2.05, 4.69) is 21.2 Å². The first-order valence-electron chi connectivity index (χ1n) is 7.59. The number of benzene rings is 2. The normalized spacial score (nSPS) is 10.4. The first-order chi connectivity index (χ1) is 11.6. The van der Waals surface area contributed by atoms with Gasteiger partial charge in [0, 0.05) is 18.0 Å². The van der Waals surface area contributed by atoms with Gasteiger partial charge in [0.2, 0.25) is 0 Å². The summed E-state index contributed by atoms with van der Waals surface area (Å²) in [6, 6.07) is 17.4. The summed E-state index contributed by atoms with van der Waals surface area (Å²) in [6.07, 6.45) is 0. The van der Waals surface area contributed by atoms with Crippen LogP contribution in [-0.2, 0) is 6.54 Å². The molecule has 0 radical (unpaired) electrons. The maximum atomic E-state index is 11.8. The first kappa shape index (κ1) is 16.0. The number of anilines is 1. The summed E-state index contributed by atoms with van der Waals surface area (Å²) in [4.78, 5) is 14.6. The Kier molecular flexibility index (Phi) is 4.77. The minimum absolute atomic E-state index is 0.168. The van der Waals surface area contributed by atoms with E-state index < -0.39 is 0 Å². The maximum absolute atomic E-state index is 11.8. The molecule has 0 spiro atoms. The number of hydrogen-bond donors (Lipinski definition) is 4. The molecule has 122 valence electrons. The van der Waals surface area contributed by atoms with Gasteiger partial charge in [-0.05, 0) is 36.8 Å². The molecule has 0 saturated heterocycles. The maximum Gasteiger partial charge on any atom is 0.250 e. The molecule has 3 rings (SSSR count). The van der Waals surface area contributed by atoms with E-state index in [9.17, 15) is 4.79 Å². The molecule has 1 aromatic heterocycles. The molecule has 6 heteroatoms. The zero-order valence-electron chi connectivity index (χ0n) is 13.2. The lowest BCUT2D eigenvalue weighted by atomic mass is 10.1. The second-order valence-electron chi connectivity index (χ2n) is 5.51. The van der Waals surface area contributed by atoms with Crippen LogP contribution in [0.4, 0.5) is 5.69 Å². The van der Waals surface area contributed by atoms with Crippen LogP contribution < -0.4 is 21.7 Å². The molecular weight excluding hydrogens is 320 g/mol. The van der Waals surface area contributed by atoms with Gasteiger partial charge in [-0.15, -0.1) is 0 Å². The van der Waals surface area contributed by atoms with Crippen LogP contribution >= 0.6 is 12.2 Å². The van der Waals surface area contributed by atoms with Gasteiger partial charge in [-0.2, -0.15) is 0 Å². The van der Waals surface area contributed by atoms with Gasteiger partial charge >= 0.3 is 0 Å². The summed E-state index contributed by atoms with van der Waals surface area (Å²) in [5.41, 5.74) is 9.49. The van der Waals surface area contributed by atoms with Crippen LogP contribution in [0.1, 0.15) is 11.1 Å². The number of hydrogen-bond acceptors (Lipinski definition) is 3. The smallest absolute Gasteiger partial charge is 0.250 e. The topological polar surface area (TPSA) is 69.0 Å². The summed E-state index contributed by atoms with van der Waals surface area (Å²) < 4.78 is 0. The average Bonchev–Trinajstić information content (AvgIpc) is 2.59. The number of pyridine rings is 1. The van der Waals surface area contributed by atoms with E-state index in [4.69, 9.17) is 12.2 Å². The molecular formula is C18H18N4OS. The van der Waals surface area contributed by atoms with E-state index in [1.54, 1.807) is 0 Å². The summed E-state index contributed by atoms with van der Waals surface area (Å²) in [7, 11) is 0. The Bertz CT molecular complexity index is 921. The quantitative estimate of drug-likeness (QED) is 0.435. The van der Waals surface area contributed by atoms with Crippen molar-refractivity contribution >= 4 is 33.9 Å². The molecule has 0 saturated carbocycles. The number of rotatable bonds is 4. The van der Waals surface area contributed by atoms with Gasteiger partial charge in [0.1, 0.15) is 0 Å². The Hall–Kier alpha value is -2.86. The van der Waals surface area contributed by atoms with Crippen LogP contribution in [0.25, 0.3) is 10.9 Å². The Labute approximate surface area is 145 Å². The van der Waals surface area contributed by atoms with Crippen molar-refractivity contribution in [2.24, 2.45) is 0 Å². The van der Waals surface area contributed by atoms with Crippen LogP contribution in [0.5, 0.6) is 0 Å². The lowest BCUT2D eigenvalue weighted by molar-refractivity contribution is 0.886. The molecule has 0 atom stereocenters. The van der Waals surface area contributed by atoms with E-state index in [-0.39, 0.29) is 5.56 Å². The number of aryl methyl sites for hydroxylation is 1. The third-order valence-electron chi connectivity index (χ3n) is 3.61. The van der Waals surface area contributed by atoms with Gasteiger partial charge < -0.3 is 10.3 Å². The highest BCUT2D eigenvalue weighted by molar-refractivity contribution is 7.80. The van der Waals surface area contributed by atoms with Crippen LogP contribution in [0.15, 0.2) is 59.4 Å². The molecule has 4 N–H and O–H groups in total. The van der Waals surface area contributed by atoms with Gasteiger partial charge in [-0.25, -0.2) is 0 Å². The van der Waals surface area contributed by atoms with E-state index in [0.717, 1.165) is 22.0 Å². The van der Waals surface area contributed by atoms with Crippen molar-refractivity contribution in [2.75, 3.05) is 5.43 Å². The predicted octanol–water partition coefficient (Wildman–Crippen LogP) is 2.83. The van der Waals surface area contributed by atoms with E-state index >= 15 is 0 Å². The number of nitrogens with one attached hydrogen (secondary N) is 4. The molecule has 0 aliphatic carbocycles. The first-order valence-corrected chi connectivity index (χ1v) is 8.00. The molecule has 1 heterocycles. The second-order valence-corrected chi connectivity index (χ2v) is 5.92. The second kappa shape index (κ2) is 7.14. The molecule has 3 aromatic rings. The molecule has 0 fully saturated rings. The van der Waals surface area contributed by atoms with Gasteiger partial charge in [-0.3, -0.25) is 15.6 Å². The van der Waals surface area contributed by atoms with Crippen molar-refractivity contribution in [1.29, 1.82) is 0 Å². The summed E-state index contributed by atoms with van der Waals surface area (Å²) in [6.45, 7) is 2.64. The lowest BCUT2D eigenvalue weighted by Crippen LogP contribution is -2.38. The average molecular weight is 338 g/mol. The highest BCUT2D eigenvalue weighted by Gasteiger charge is 2.04. The van der Waals surface area contributed by atoms with Gasteiger partial charge in [0.25, 0.3) is 5.56 Å². The monoisotopic (exact) mass is 338 g/mol. The molecule has 0 amide bonds. The van der Waals surface area contributed by atoms with Crippen molar-refractivity contribution in [3.63, 3.8) is 0 Å². The van der Waals surface area contributed by atoms with Crippen molar-refractivity contribution in [2.45, 2.75) is 13.5 Å². The third kappa shape index (κ3) is 3.91. The molecule has 0 unspecified atom stereocenters. The van der Waals surface area contributed by atoms with Gasteiger partial charge in [-0.1, -0.05) is 42.0 Å². The molecule has 2 aromatic carbocycles. The van der Waals surface area contributed by atoms with E-state index in [1.165, 1.54) is 6.07 Å². The number of fused-ring (bicyclic) bond motifs is 1. The Morgan fingerprint density at radius 2 is 1.92 bits per heavy atom. The van der Waals surface area contributed by atoms with Crippen molar-refractivity contribution < 1.29 is 0 Å². The molecule has 0 bridgehead atoms. The van der Waals surface area contributed by atoms with Crippen molar-refractivity contribution in [3.8, 4) is 0 Å². The Morgan fingerprint density at radius 1 is 1.12 bits per heavy atom. The zero-order valence-corrected chi connectivity index (χ0v) is 14.0. The standard InChI is InChI=1S/C18H18N4OS/c1-12-7-8-15-14(9-12)16(10-17(23)20-15)21-22-18(24)19-11-13-5-3-2-4-6-13/h2-10H,11H2,1H3,(H2,19,22,24)(H2,20,21,23).